The molecule has 1 saturated heterocycles. The highest BCUT2D eigenvalue weighted by Gasteiger charge is 2.44. The van der Waals surface area contributed by atoms with Gasteiger partial charge < -0.3 is 14.7 Å². The molecule has 1 aliphatic heterocycles. The molecule has 0 bridgehead atoms. The molecule has 1 amide bonds. The zero-order valence-electron chi connectivity index (χ0n) is 16.5. The zero-order chi connectivity index (χ0) is 19.5. The van der Waals surface area contributed by atoms with E-state index in [1.807, 2.05) is 32.9 Å². The van der Waals surface area contributed by atoms with Crippen molar-refractivity contribution in [1.82, 2.24) is 4.90 Å². The fourth-order valence-corrected chi connectivity index (χ4v) is 3.42. The van der Waals surface area contributed by atoms with E-state index in [4.69, 9.17) is 4.74 Å². The number of nitrogens with zero attached hydrogens (tertiary/aromatic N) is 1. The van der Waals surface area contributed by atoms with Crippen LogP contribution in [0, 0.1) is 5.41 Å². The predicted octanol–water partition coefficient (Wildman–Crippen LogP) is 4.45. The van der Waals surface area contributed by atoms with Crippen molar-refractivity contribution in [2.75, 3.05) is 13.1 Å². The predicted molar refractivity (Wildman–Crippen MR) is 101 cm³/mol. The maximum Gasteiger partial charge on any atom is 0.410 e. The molecule has 144 valence electrons. The number of ether oxygens (including phenoxy) is 1. The molecule has 5 heteroatoms. The summed E-state index contributed by atoms with van der Waals surface area (Å²) >= 11 is 0. The lowest BCUT2D eigenvalue weighted by atomic mass is 9.75. The number of carboxylic acid groups (broad SMARTS) is 1. The molecule has 0 saturated carbocycles. The largest absolute Gasteiger partial charge is 0.481 e. The Morgan fingerprint density at radius 3 is 2.35 bits per heavy atom. The van der Waals surface area contributed by atoms with Gasteiger partial charge in [0.1, 0.15) is 5.60 Å². The smallest absolute Gasteiger partial charge is 0.410 e. The van der Waals surface area contributed by atoms with Crippen LogP contribution in [0.4, 0.5) is 4.79 Å². The highest BCUT2D eigenvalue weighted by Crippen LogP contribution is 2.35. The Morgan fingerprint density at radius 2 is 1.85 bits per heavy atom. The van der Waals surface area contributed by atoms with Gasteiger partial charge in [-0.15, -0.1) is 0 Å². The minimum atomic E-state index is -0.964. The number of rotatable bonds is 4. The lowest BCUT2D eigenvalue weighted by molar-refractivity contribution is -0.152. The summed E-state index contributed by atoms with van der Waals surface area (Å²) in [4.78, 5) is 26.1. The Bertz CT molecular complexity index is 645. The molecule has 1 atom stereocenters. The van der Waals surface area contributed by atoms with Crippen LogP contribution in [0.25, 0.3) is 0 Å². The van der Waals surface area contributed by atoms with Gasteiger partial charge in [-0.3, -0.25) is 4.79 Å². The molecule has 1 N–H and O–H groups in total. The molecule has 1 aromatic carbocycles. The summed E-state index contributed by atoms with van der Waals surface area (Å²) in [6.07, 6.45) is 1.21. The van der Waals surface area contributed by atoms with Gasteiger partial charge in [0.05, 0.1) is 5.41 Å². The van der Waals surface area contributed by atoms with E-state index in [0.29, 0.717) is 31.7 Å². The molecule has 0 unspecified atom stereocenters. The fourth-order valence-electron chi connectivity index (χ4n) is 3.42. The molecule has 1 aliphatic rings. The Kier molecular flexibility index (Phi) is 5.99. The van der Waals surface area contributed by atoms with Gasteiger partial charge >= 0.3 is 12.1 Å². The van der Waals surface area contributed by atoms with Crippen molar-refractivity contribution in [3.8, 4) is 0 Å². The molecule has 0 spiro atoms. The summed E-state index contributed by atoms with van der Waals surface area (Å²) in [6.45, 7) is 10.4. The van der Waals surface area contributed by atoms with E-state index in [2.05, 4.69) is 26.0 Å². The fraction of sp³-hybridized carbons (Fsp3) is 0.619. The van der Waals surface area contributed by atoms with Crippen molar-refractivity contribution in [1.29, 1.82) is 0 Å². The molecule has 0 aliphatic carbocycles. The van der Waals surface area contributed by atoms with E-state index < -0.39 is 23.1 Å². The molecule has 1 aromatic rings. The van der Waals surface area contributed by atoms with Gasteiger partial charge in [-0.25, -0.2) is 4.79 Å². The van der Waals surface area contributed by atoms with Crippen LogP contribution in [0.5, 0.6) is 0 Å². The van der Waals surface area contributed by atoms with Crippen LogP contribution in [0.2, 0.25) is 0 Å². The minimum absolute atomic E-state index is 0.184. The van der Waals surface area contributed by atoms with Gasteiger partial charge in [0.2, 0.25) is 0 Å². The van der Waals surface area contributed by atoms with E-state index in [1.54, 1.807) is 4.90 Å². The number of benzene rings is 1. The average molecular weight is 361 g/mol. The number of amides is 1. The Morgan fingerprint density at radius 1 is 1.23 bits per heavy atom. The summed E-state index contributed by atoms with van der Waals surface area (Å²) in [7, 11) is 0. The first kappa shape index (κ1) is 20.3. The van der Waals surface area contributed by atoms with Gasteiger partial charge in [-0.1, -0.05) is 38.1 Å². The van der Waals surface area contributed by atoms with E-state index >= 15 is 0 Å². The van der Waals surface area contributed by atoms with Crippen LogP contribution in [-0.2, 0) is 16.0 Å². The van der Waals surface area contributed by atoms with Gasteiger partial charge in [0.15, 0.2) is 0 Å². The van der Waals surface area contributed by atoms with Gasteiger partial charge in [-0.05, 0) is 57.1 Å². The summed E-state index contributed by atoms with van der Waals surface area (Å²) in [5.74, 6) is -0.409. The lowest BCUT2D eigenvalue weighted by Gasteiger charge is -2.40. The van der Waals surface area contributed by atoms with Crippen LogP contribution in [0.15, 0.2) is 24.3 Å². The lowest BCUT2D eigenvalue weighted by Crippen LogP contribution is -2.52. The van der Waals surface area contributed by atoms with Crippen LogP contribution in [0.3, 0.4) is 0 Å². The van der Waals surface area contributed by atoms with Crippen molar-refractivity contribution in [3.05, 3.63) is 35.4 Å². The van der Waals surface area contributed by atoms with E-state index in [1.165, 1.54) is 5.56 Å². The Balaban J connectivity index is 2.18. The maximum atomic E-state index is 12.4. The third-order valence-corrected chi connectivity index (χ3v) is 4.87. The van der Waals surface area contributed by atoms with Crippen LogP contribution in [-0.4, -0.2) is 40.8 Å². The van der Waals surface area contributed by atoms with Crippen molar-refractivity contribution in [2.24, 2.45) is 5.41 Å². The second-order valence-corrected chi connectivity index (χ2v) is 8.66. The van der Waals surface area contributed by atoms with Gasteiger partial charge in [-0.2, -0.15) is 0 Å². The number of hydrogen-bond acceptors (Lipinski definition) is 3. The van der Waals surface area contributed by atoms with Crippen LogP contribution in [0.1, 0.15) is 64.5 Å². The number of likely N-dealkylation sites (tertiary alicyclic amines) is 1. The van der Waals surface area contributed by atoms with Crippen molar-refractivity contribution in [2.45, 2.75) is 65.4 Å². The Labute approximate surface area is 156 Å². The first-order valence-electron chi connectivity index (χ1n) is 9.33. The van der Waals surface area contributed by atoms with E-state index in [-0.39, 0.29) is 6.54 Å². The van der Waals surface area contributed by atoms with E-state index in [9.17, 15) is 14.7 Å². The number of carbonyl (C=O) groups excluding carboxylic acids is 1. The number of aliphatic carboxylic acids is 1. The molecule has 2 rings (SSSR count). The first-order valence-corrected chi connectivity index (χ1v) is 9.33. The summed E-state index contributed by atoms with van der Waals surface area (Å²) in [6, 6.07) is 8.13. The SMILES string of the molecule is CC(C)c1ccc(C[C@]2(C(=O)O)CCCN(C(=O)OC(C)(C)C)C2)cc1. The molecule has 26 heavy (non-hydrogen) atoms. The monoisotopic (exact) mass is 361 g/mol. The number of hydrogen-bond donors (Lipinski definition) is 1. The summed E-state index contributed by atoms with van der Waals surface area (Å²) < 4.78 is 5.44. The van der Waals surface area contributed by atoms with Crippen LogP contribution < -0.4 is 0 Å². The Hall–Kier alpha value is -2.04. The zero-order valence-corrected chi connectivity index (χ0v) is 16.5. The minimum Gasteiger partial charge on any atom is -0.481 e. The van der Waals surface area contributed by atoms with Crippen molar-refractivity contribution >= 4 is 12.1 Å². The quantitative estimate of drug-likeness (QED) is 0.860. The molecule has 1 fully saturated rings. The second-order valence-electron chi connectivity index (χ2n) is 8.66. The second kappa shape index (κ2) is 7.68. The molecule has 0 radical (unpaired) electrons. The average Bonchev–Trinajstić information content (AvgIpc) is 2.54. The summed E-state index contributed by atoms with van der Waals surface area (Å²) in [5.41, 5.74) is 0.668. The molecule has 0 aromatic heterocycles. The van der Waals surface area contributed by atoms with Crippen LogP contribution >= 0.6 is 0 Å². The highest BCUT2D eigenvalue weighted by atomic mass is 16.6. The topological polar surface area (TPSA) is 66.8 Å². The standard InChI is InChI=1S/C21H31NO4/c1-15(2)17-9-7-16(8-10-17)13-21(18(23)24)11-6-12-22(14-21)19(25)26-20(3,4)5/h7-10,15H,6,11-14H2,1-5H3,(H,23,24)/t21-/m1/s1. The van der Waals surface area contributed by atoms with Gasteiger partial charge in [0.25, 0.3) is 0 Å². The van der Waals surface area contributed by atoms with Crippen molar-refractivity contribution < 1.29 is 19.4 Å². The number of carboxylic acids is 1. The normalized spacial score (nSPS) is 20.9. The highest BCUT2D eigenvalue weighted by molar-refractivity contribution is 5.77. The number of carbonyl (C=O) groups is 2. The first-order chi connectivity index (χ1) is 12.0. The third kappa shape index (κ3) is 4.99. The van der Waals surface area contributed by atoms with Crippen molar-refractivity contribution in [3.63, 3.8) is 0 Å². The molecular formula is C21H31NO4. The third-order valence-electron chi connectivity index (χ3n) is 4.87. The number of piperidine rings is 1. The van der Waals surface area contributed by atoms with Gasteiger partial charge in [0, 0.05) is 13.1 Å². The molecule has 1 heterocycles. The maximum absolute atomic E-state index is 12.4. The molecular weight excluding hydrogens is 330 g/mol. The summed E-state index contributed by atoms with van der Waals surface area (Å²) in [5, 5.41) is 9.95. The molecule has 5 nitrogen and oxygen atoms in total. The van der Waals surface area contributed by atoms with E-state index in [0.717, 1.165) is 5.56 Å².